The van der Waals surface area contributed by atoms with Crippen LogP contribution in [0.4, 0.5) is 0 Å². The first-order valence-electron chi connectivity index (χ1n) is 12.3. The zero-order valence-electron chi connectivity index (χ0n) is 21.4. The quantitative estimate of drug-likeness (QED) is 0.626. The largest absolute Gasteiger partial charge is 0.355 e. The van der Waals surface area contributed by atoms with E-state index >= 15 is 0 Å². The van der Waals surface area contributed by atoms with Gasteiger partial charge in [-0.05, 0) is 70.4 Å². The van der Waals surface area contributed by atoms with Gasteiger partial charge in [0.2, 0.25) is 15.9 Å². The molecule has 4 rings (SSSR count). The summed E-state index contributed by atoms with van der Waals surface area (Å²) in [6.45, 7) is 11.4. The van der Waals surface area contributed by atoms with Gasteiger partial charge in [-0.15, -0.1) is 0 Å². The van der Waals surface area contributed by atoms with Crippen LogP contribution in [0.1, 0.15) is 46.5 Å². The van der Waals surface area contributed by atoms with Crippen LogP contribution < -0.4 is 0 Å². The summed E-state index contributed by atoms with van der Waals surface area (Å²) >= 11 is 0. The van der Waals surface area contributed by atoms with Crippen LogP contribution in [0.5, 0.6) is 0 Å². The third-order valence-electron chi connectivity index (χ3n) is 7.12. The number of aryl methyl sites for hydroxylation is 4. The molecule has 9 heteroatoms. The first-order chi connectivity index (χ1) is 16.6. The lowest BCUT2D eigenvalue weighted by Gasteiger charge is -2.37. The van der Waals surface area contributed by atoms with E-state index in [1.807, 2.05) is 31.9 Å². The maximum atomic E-state index is 13.7. The molecule has 8 nitrogen and oxygen atoms in total. The Morgan fingerprint density at radius 3 is 2.34 bits per heavy atom. The minimum Gasteiger partial charge on any atom is -0.355 e. The molecule has 0 aliphatic carbocycles. The van der Waals surface area contributed by atoms with Crippen molar-refractivity contribution in [2.75, 3.05) is 46.3 Å². The molecule has 1 aromatic heterocycles. The maximum absolute atomic E-state index is 13.7. The van der Waals surface area contributed by atoms with E-state index in [1.165, 1.54) is 9.87 Å². The van der Waals surface area contributed by atoms with Crippen molar-refractivity contribution in [3.05, 3.63) is 45.8 Å². The van der Waals surface area contributed by atoms with E-state index in [2.05, 4.69) is 29.1 Å². The number of carbonyl (C=O) groups is 1. The molecule has 35 heavy (non-hydrogen) atoms. The second-order valence-corrected chi connectivity index (χ2v) is 11.8. The molecule has 1 atom stereocenters. The predicted molar refractivity (Wildman–Crippen MR) is 136 cm³/mol. The summed E-state index contributed by atoms with van der Waals surface area (Å²) < 4.78 is 34.3. The zero-order valence-corrected chi connectivity index (χ0v) is 22.2. The normalized spacial score (nSPS) is 20.6. The number of nitrogens with zero attached hydrogens (tertiary/aromatic N) is 4. The molecular formula is C26H36N4O4S. The van der Waals surface area contributed by atoms with E-state index < -0.39 is 10.0 Å². The fourth-order valence-electron chi connectivity index (χ4n) is 5.19. The number of amides is 1. The van der Waals surface area contributed by atoms with Gasteiger partial charge in [0.1, 0.15) is 5.69 Å². The number of benzene rings is 1. The van der Waals surface area contributed by atoms with E-state index in [0.29, 0.717) is 38.2 Å². The van der Waals surface area contributed by atoms with Crippen molar-refractivity contribution in [1.29, 1.82) is 0 Å². The van der Waals surface area contributed by atoms with E-state index in [1.54, 1.807) is 13.0 Å². The Labute approximate surface area is 208 Å². The van der Waals surface area contributed by atoms with Crippen LogP contribution >= 0.6 is 0 Å². The van der Waals surface area contributed by atoms with Crippen LogP contribution in [0.15, 0.2) is 21.6 Å². The Hall–Kier alpha value is -2.49. The highest BCUT2D eigenvalue weighted by atomic mass is 32.2. The van der Waals surface area contributed by atoms with Gasteiger partial charge in [0.25, 0.3) is 0 Å². The Bertz CT molecular complexity index is 1200. The van der Waals surface area contributed by atoms with Gasteiger partial charge < -0.3 is 14.3 Å². The average molecular weight is 501 g/mol. The number of carbonyl (C=O) groups excluding carboxylic acids is 1. The van der Waals surface area contributed by atoms with E-state index in [-0.39, 0.29) is 29.0 Å². The maximum Gasteiger partial charge on any atom is 0.248 e. The lowest BCUT2D eigenvalue weighted by molar-refractivity contribution is -0.138. The van der Waals surface area contributed by atoms with E-state index in [9.17, 15) is 13.2 Å². The fourth-order valence-corrected chi connectivity index (χ4v) is 6.96. The average Bonchev–Trinajstić information content (AvgIpc) is 3.19. The number of hydrogen-bond acceptors (Lipinski definition) is 6. The van der Waals surface area contributed by atoms with Crippen LogP contribution in [-0.4, -0.2) is 79.9 Å². The number of sulfonamides is 1. The highest BCUT2D eigenvalue weighted by Crippen LogP contribution is 2.30. The highest BCUT2D eigenvalue weighted by molar-refractivity contribution is 7.89. The van der Waals surface area contributed by atoms with Gasteiger partial charge in [0.15, 0.2) is 10.7 Å². The van der Waals surface area contributed by atoms with Crippen molar-refractivity contribution >= 4 is 28.1 Å². The lowest BCUT2D eigenvalue weighted by atomic mass is 9.98. The molecule has 1 unspecified atom stereocenters. The number of aromatic nitrogens is 1. The van der Waals surface area contributed by atoms with Gasteiger partial charge in [-0.1, -0.05) is 28.9 Å². The molecular weight excluding hydrogens is 464 g/mol. The monoisotopic (exact) mass is 500 g/mol. The van der Waals surface area contributed by atoms with Gasteiger partial charge in [-0.25, -0.2) is 8.42 Å². The van der Waals surface area contributed by atoms with Crippen LogP contribution in [0.2, 0.25) is 0 Å². The van der Waals surface area contributed by atoms with E-state index in [4.69, 9.17) is 4.52 Å². The molecule has 0 N–H and O–H groups in total. The first-order valence-corrected chi connectivity index (χ1v) is 13.7. The van der Waals surface area contributed by atoms with Crippen molar-refractivity contribution in [3.8, 4) is 0 Å². The molecule has 2 fully saturated rings. The second-order valence-electron chi connectivity index (χ2n) is 9.94. The zero-order chi connectivity index (χ0) is 25.3. The number of hydrogen-bond donors (Lipinski definition) is 0. The molecule has 3 heterocycles. The lowest BCUT2D eigenvalue weighted by Crippen LogP contribution is -2.52. The summed E-state index contributed by atoms with van der Waals surface area (Å²) in [6.07, 6.45) is 4.94. The standard InChI is InChI=1S/C26H36N4O4S/c1-18-15-19(2)23(20(3)16-18)8-9-24-25(21(4)27-34-24)35(32,33)30-10-6-7-22(17-30)26(31)29-13-11-28(5)12-14-29/h8-9,15-16,22H,6-7,10-14,17H2,1-5H3/b9-8+. The molecule has 0 radical (unpaired) electrons. The van der Waals surface area contributed by atoms with E-state index in [0.717, 1.165) is 29.8 Å². The minimum absolute atomic E-state index is 0.0606. The highest BCUT2D eigenvalue weighted by Gasteiger charge is 2.38. The minimum atomic E-state index is -3.87. The number of piperidine rings is 1. The Morgan fingerprint density at radius 1 is 1.03 bits per heavy atom. The third kappa shape index (κ3) is 5.37. The van der Waals surface area contributed by atoms with Gasteiger partial charge in [0, 0.05) is 39.3 Å². The molecule has 2 aromatic rings. The van der Waals surface area contributed by atoms with Crippen molar-refractivity contribution in [1.82, 2.24) is 19.3 Å². The smallest absolute Gasteiger partial charge is 0.248 e. The summed E-state index contributed by atoms with van der Waals surface area (Å²) in [5.41, 5.74) is 4.77. The van der Waals surface area contributed by atoms with Crippen LogP contribution in [0.25, 0.3) is 12.2 Å². The van der Waals surface area contributed by atoms with Gasteiger partial charge in [-0.3, -0.25) is 4.79 Å². The molecule has 1 aromatic carbocycles. The van der Waals surface area contributed by atoms with Crippen LogP contribution in [-0.2, 0) is 14.8 Å². The van der Waals surface area contributed by atoms with Crippen molar-refractivity contribution in [3.63, 3.8) is 0 Å². The number of likely N-dealkylation sites (N-methyl/N-ethyl adjacent to an activating group) is 1. The Kier molecular flexibility index (Phi) is 7.49. The summed E-state index contributed by atoms with van der Waals surface area (Å²) in [6, 6.07) is 4.20. The van der Waals surface area contributed by atoms with Crippen LogP contribution in [0.3, 0.4) is 0 Å². The van der Waals surface area contributed by atoms with Gasteiger partial charge in [-0.2, -0.15) is 4.31 Å². The van der Waals surface area contributed by atoms with Gasteiger partial charge >= 0.3 is 0 Å². The summed E-state index contributed by atoms with van der Waals surface area (Å²) in [5, 5.41) is 3.97. The molecule has 0 saturated carbocycles. The molecule has 2 aliphatic heterocycles. The third-order valence-corrected chi connectivity index (χ3v) is 9.14. The predicted octanol–water partition coefficient (Wildman–Crippen LogP) is 3.25. The van der Waals surface area contributed by atoms with Crippen molar-refractivity contribution in [2.24, 2.45) is 5.92 Å². The topological polar surface area (TPSA) is 87.0 Å². The fraction of sp³-hybridized carbons (Fsp3) is 0.538. The number of piperazine rings is 1. The second kappa shape index (κ2) is 10.2. The molecule has 190 valence electrons. The first kappa shape index (κ1) is 25.6. The molecule has 2 aliphatic rings. The molecule has 1 amide bonds. The molecule has 0 bridgehead atoms. The summed E-state index contributed by atoms with van der Waals surface area (Å²) in [5.74, 6) is -0.0428. The van der Waals surface area contributed by atoms with Crippen LogP contribution in [0, 0.1) is 33.6 Å². The number of rotatable bonds is 5. The van der Waals surface area contributed by atoms with Gasteiger partial charge in [0.05, 0.1) is 5.92 Å². The summed E-state index contributed by atoms with van der Waals surface area (Å²) in [4.78, 5) is 17.3. The van der Waals surface area contributed by atoms with Crippen molar-refractivity contribution in [2.45, 2.75) is 45.4 Å². The molecule has 0 spiro atoms. The Morgan fingerprint density at radius 2 is 1.69 bits per heavy atom. The summed E-state index contributed by atoms with van der Waals surface area (Å²) in [7, 11) is -1.82. The SMILES string of the molecule is Cc1cc(C)c(/C=C/c2onc(C)c2S(=O)(=O)N2CCCC(C(=O)N3CCN(C)CC3)C2)c(C)c1. The Balaban J connectivity index is 1.56. The van der Waals surface area contributed by atoms with Crippen molar-refractivity contribution < 1.29 is 17.7 Å². The molecule has 2 saturated heterocycles.